The molecule has 0 saturated carbocycles. The number of benzene rings is 4. The van der Waals surface area contributed by atoms with Crippen LogP contribution in [0.5, 0.6) is 0 Å². The first kappa shape index (κ1) is 26.7. The van der Waals surface area contributed by atoms with Crippen molar-refractivity contribution in [1.29, 1.82) is 0 Å². The van der Waals surface area contributed by atoms with Crippen molar-refractivity contribution in [3.8, 4) is 33.4 Å². The van der Waals surface area contributed by atoms with E-state index >= 15 is 0 Å². The van der Waals surface area contributed by atoms with E-state index in [1.807, 2.05) is 48.5 Å². The lowest BCUT2D eigenvalue weighted by Gasteiger charge is -2.30. The second kappa shape index (κ2) is 9.83. The van der Waals surface area contributed by atoms with E-state index < -0.39 is 29.5 Å². The fourth-order valence-electron chi connectivity index (χ4n) is 5.68. The number of hydrogen-bond donors (Lipinski definition) is 1. The molecule has 0 saturated heterocycles. The topological polar surface area (TPSA) is 99.1 Å². The van der Waals surface area contributed by atoms with Crippen LogP contribution < -0.4 is 0 Å². The molecule has 0 spiro atoms. The largest absolute Gasteiger partial charge is 0.421 e. The molecule has 7 nitrogen and oxygen atoms in total. The summed E-state index contributed by atoms with van der Waals surface area (Å²) in [5.41, 5.74) is 5.88. The summed E-state index contributed by atoms with van der Waals surface area (Å²) < 4.78 is 17.1. The number of fused-ring (bicyclic) bond motifs is 6. The van der Waals surface area contributed by atoms with Crippen molar-refractivity contribution < 1.29 is 33.7 Å². The zero-order chi connectivity index (χ0) is 29.6. The summed E-state index contributed by atoms with van der Waals surface area (Å²) in [7, 11) is 0. The van der Waals surface area contributed by atoms with Gasteiger partial charge in [-0.15, -0.1) is 0 Å². The Hall–Kier alpha value is -5.53. The number of esters is 3. The number of hydrogen-bond acceptors (Lipinski definition) is 7. The number of carbonyl (C=O) groups is 3. The molecule has 0 fully saturated rings. The Morgan fingerprint density at radius 3 is 1.55 bits per heavy atom. The molecule has 2 aliphatic rings. The quantitative estimate of drug-likeness (QED) is 0.172. The molecule has 1 N–H and O–H groups in total. The molecular weight excluding hydrogens is 532 g/mol. The highest BCUT2D eigenvalue weighted by atomic mass is 16.7. The third kappa shape index (κ3) is 3.90. The molecule has 1 atom stereocenters. The van der Waals surface area contributed by atoms with E-state index in [0.717, 1.165) is 29.4 Å². The molecule has 0 heterocycles. The van der Waals surface area contributed by atoms with Crippen LogP contribution in [0.4, 0.5) is 0 Å². The smallest absolute Gasteiger partial charge is 0.333 e. The number of rotatable bonds is 7. The van der Waals surface area contributed by atoms with Gasteiger partial charge in [0, 0.05) is 40.5 Å². The molecule has 0 aliphatic heterocycles. The first-order valence-corrected chi connectivity index (χ1v) is 13.0. The molecule has 4 aromatic rings. The fourth-order valence-corrected chi connectivity index (χ4v) is 5.68. The Bertz CT molecular complexity index is 1830. The van der Waals surface area contributed by atoms with Gasteiger partial charge in [-0.05, 0) is 45.5 Å². The van der Waals surface area contributed by atoms with Crippen LogP contribution in [-0.4, -0.2) is 23.0 Å². The van der Waals surface area contributed by atoms with Crippen molar-refractivity contribution in [2.45, 2.75) is 11.6 Å². The van der Waals surface area contributed by atoms with Gasteiger partial charge in [-0.1, -0.05) is 92.5 Å². The van der Waals surface area contributed by atoms with Crippen molar-refractivity contribution >= 4 is 17.9 Å². The van der Waals surface area contributed by atoms with E-state index in [-0.39, 0.29) is 0 Å². The molecule has 0 radical (unpaired) electrons. The van der Waals surface area contributed by atoms with Crippen LogP contribution in [0.15, 0.2) is 123 Å². The average Bonchev–Trinajstić information content (AvgIpc) is 3.42. The highest BCUT2D eigenvalue weighted by molar-refractivity contribution is 5.90. The average molecular weight is 557 g/mol. The van der Waals surface area contributed by atoms with Crippen molar-refractivity contribution in [1.82, 2.24) is 0 Å². The van der Waals surface area contributed by atoms with Gasteiger partial charge in [-0.2, -0.15) is 0 Å². The molecule has 6 rings (SSSR count). The van der Waals surface area contributed by atoms with Gasteiger partial charge in [0.05, 0.1) is 0 Å². The van der Waals surface area contributed by atoms with Gasteiger partial charge in [-0.25, -0.2) is 14.4 Å². The van der Waals surface area contributed by atoms with Crippen LogP contribution in [-0.2, 0) is 40.2 Å². The summed E-state index contributed by atoms with van der Waals surface area (Å²) >= 11 is 0. The second-order valence-corrected chi connectivity index (χ2v) is 9.75. The molecule has 0 bridgehead atoms. The predicted octanol–water partition coefficient (Wildman–Crippen LogP) is 5.90. The van der Waals surface area contributed by atoms with Crippen molar-refractivity contribution in [2.75, 3.05) is 0 Å². The maximum absolute atomic E-state index is 12.6. The molecular formula is C35H24O7. The van der Waals surface area contributed by atoms with Crippen LogP contribution in [0.3, 0.4) is 0 Å². The van der Waals surface area contributed by atoms with Crippen molar-refractivity contribution in [3.63, 3.8) is 0 Å². The third-order valence-electron chi connectivity index (χ3n) is 7.48. The van der Waals surface area contributed by atoms with Crippen molar-refractivity contribution in [3.05, 3.63) is 145 Å². The van der Waals surface area contributed by atoms with E-state index in [0.29, 0.717) is 44.5 Å². The molecule has 4 aromatic carbocycles. The van der Waals surface area contributed by atoms with Gasteiger partial charge in [0.2, 0.25) is 0 Å². The molecule has 1 unspecified atom stereocenters. The van der Waals surface area contributed by atoms with E-state index in [1.54, 1.807) is 36.4 Å². The van der Waals surface area contributed by atoms with Crippen LogP contribution in [0.2, 0.25) is 0 Å². The van der Waals surface area contributed by atoms with Gasteiger partial charge in [0.25, 0.3) is 5.79 Å². The van der Waals surface area contributed by atoms with Gasteiger partial charge < -0.3 is 19.3 Å². The third-order valence-corrected chi connectivity index (χ3v) is 7.48. The lowest BCUT2D eigenvalue weighted by molar-refractivity contribution is -0.210. The molecule has 206 valence electrons. The summed E-state index contributed by atoms with van der Waals surface area (Å²) in [6.45, 7) is 10.5. The SMILES string of the molecule is C=CC(=O)OC1(O)c2ccccc2-c2ccc(-c3ccc4c(c3)C(OC(=O)C=C)(OC(=O)C=C)c3ccccc3-4)cc21. The number of ether oxygens (including phenoxy) is 3. The van der Waals surface area contributed by atoms with Gasteiger partial charge in [-0.3, -0.25) is 0 Å². The molecule has 7 heteroatoms. The summed E-state index contributed by atoms with van der Waals surface area (Å²) in [5, 5.41) is 11.8. The lowest BCUT2D eigenvalue weighted by atomic mass is 9.94. The highest BCUT2D eigenvalue weighted by Crippen LogP contribution is 2.53. The Morgan fingerprint density at radius 1 is 0.548 bits per heavy atom. The molecule has 2 aliphatic carbocycles. The molecule has 0 amide bonds. The minimum Gasteiger partial charge on any atom is -0.421 e. The Balaban J connectivity index is 1.54. The minimum absolute atomic E-state index is 0.377. The Labute approximate surface area is 241 Å². The molecule has 42 heavy (non-hydrogen) atoms. The second-order valence-electron chi connectivity index (χ2n) is 9.75. The maximum atomic E-state index is 12.6. The first-order valence-electron chi connectivity index (χ1n) is 13.0. The number of carbonyl (C=O) groups excluding carboxylic acids is 3. The highest BCUT2D eigenvalue weighted by Gasteiger charge is 2.50. The zero-order valence-corrected chi connectivity index (χ0v) is 22.3. The van der Waals surface area contributed by atoms with Crippen molar-refractivity contribution in [2.24, 2.45) is 0 Å². The standard InChI is InChI=1S/C35H24O7/c1-4-31(36)40-34(39)27-13-9-7-11-23(27)25-17-15-21(19-29(25)34)22-16-18-26-24-12-8-10-14-28(24)35(30(26)20-22,41-32(37)5-2)42-33(38)6-3/h4-20,39H,1-3H2. The fraction of sp³-hybridized carbons (Fsp3) is 0.0571. The normalized spacial score (nSPS) is 16.6. The van der Waals surface area contributed by atoms with E-state index in [4.69, 9.17) is 14.2 Å². The van der Waals surface area contributed by atoms with Gasteiger partial charge >= 0.3 is 23.7 Å². The Morgan fingerprint density at radius 2 is 0.976 bits per heavy atom. The maximum Gasteiger partial charge on any atom is 0.333 e. The number of aliphatic hydroxyl groups is 1. The molecule has 0 aromatic heterocycles. The van der Waals surface area contributed by atoms with Gasteiger partial charge in [0.1, 0.15) is 0 Å². The summed E-state index contributed by atoms with van der Waals surface area (Å²) in [5.74, 6) is -6.29. The van der Waals surface area contributed by atoms with Crippen LogP contribution in [0.1, 0.15) is 22.3 Å². The summed E-state index contributed by atoms with van der Waals surface area (Å²) in [4.78, 5) is 37.5. The Kier molecular flexibility index (Phi) is 6.25. The predicted molar refractivity (Wildman–Crippen MR) is 155 cm³/mol. The zero-order valence-electron chi connectivity index (χ0n) is 22.3. The van der Waals surface area contributed by atoms with Gasteiger partial charge in [0.15, 0.2) is 0 Å². The van der Waals surface area contributed by atoms with Crippen LogP contribution in [0, 0.1) is 0 Å². The summed E-state index contributed by atoms with van der Waals surface area (Å²) in [6, 6.07) is 25.2. The van der Waals surface area contributed by atoms with E-state index in [9.17, 15) is 19.5 Å². The van der Waals surface area contributed by atoms with Crippen LogP contribution >= 0.6 is 0 Å². The van der Waals surface area contributed by atoms with Crippen LogP contribution in [0.25, 0.3) is 33.4 Å². The monoisotopic (exact) mass is 556 g/mol. The minimum atomic E-state index is -2.04. The van der Waals surface area contributed by atoms with E-state index in [2.05, 4.69) is 19.7 Å². The van der Waals surface area contributed by atoms with E-state index in [1.165, 1.54) is 0 Å². The summed E-state index contributed by atoms with van der Waals surface area (Å²) in [6.07, 6.45) is 2.99. The lowest BCUT2D eigenvalue weighted by Crippen LogP contribution is -2.36. The first-order chi connectivity index (χ1) is 20.3.